The number of aryl methyl sites for hydroxylation is 1. The average molecular weight is 211 g/mol. The van der Waals surface area contributed by atoms with Crippen molar-refractivity contribution >= 4 is 34.7 Å². The van der Waals surface area contributed by atoms with Crippen molar-refractivity contribution in [3.05, 3.63) is 33.7 Å². The normalized spacial score (nSPS) is 10.6. The lowest BCUT2D eigenvalue weighted by Crippen LogP contribution is -1.87. The van der Waals surface area contributed by atoms with Crippen molar-refractivity contribution in [1.82, 2.24) is 9.97 Å². The van der Waals surface area contributed by atoms with Crippen LogP contribution in [0.1, 0.15) is 5.56 Å². The van der Waals surface area contributed by atoms with Crippen LogP contribution >= 0.6 is 23.8 Å². The van der Waals surface area contributed by atoms with Gasteiger partial charge in [0, 0.05) is 5.39 Å². The highest BCUT2D eigenvalue weighted by Gasteiger charge is 2.03. The van der Waals surface area contributed by atoms with Gasteiger partial charge in [-0.25, -0.2) is 4.98 Å². The number of benzene rings is 1. The van der Waals surface area contributed by atoms with Crippen molar-refractivity contribution in [2.45, 2.75) is 6.92 Å². The zero-order valence-corrected chi connectivity index (χ0v) is 8.54. The first kappa shape index (κ1) is 8.66. The van der Waals surface area contributed by atoms with Crippen molar-refractivity contribution in [3.8, 4) is 0 Å². The Labute approximate surface area is 85.6 Å². The summed E-state index contributed by atoms with van der Waals surface area (Å²) in [4.78, 5) is 7.00. The molecule has 0 aliphatic rings. The molecule has 0 saturated heterocycles. The summed E-state index contributed by atoms with van der Waals surface area (Å²) in [5.74, 6) is 0. The molecule has 0 aliphatic heterocycles. The van der Waals surface area contributed by atoms with Gasteiger partial charge in [-0.2, -0.15) is 0 Å². The number of hydrogen-bond acceptors (Lipinski definition) is 2. The van der Waals surface area contributed by atoms with Gasteiger partial charge in [0.1, 0.15) is 4.64 Å². The van der Waals surface area contributed by atoms with Crippen LogP contribution in [0.4, 0.5) is 0 Å². The molecule has 66 valence electrons. The SMILES string of the molecule is Cc1ccc(Cl)c2[nH]cnc(=S)c12. The highest BCUT2D eigenvalue weighted by atomic mass is 35.5. The second-order valence-corrected chi connectivity index (χ2v) is 3.62. The van der Waals surface area contributed by atoms with Crippen molar-refractivity contribution < 1.29 is 0 Å². The zero-order chi connectivity index (χ0) is 9.42. The molecule has 4 heteroatoms. The molecule has 0 saturated carbocycles. The van der Waals surface area contributed by atoms with E-state index in [1.165, 1.54) is 0 Å². The Kier molecular flexibility index (Phi) is 2.06. The Bertz CT molecular complexity index is 518. The number of hydrogen-bond donors (Lipinski definition) is 1. The Balaban J connectivity index is 3.09. The third kappa shape index (κ3) is 1.34. The van der Waals surface area contributed by atoms with Crippen LogP contribution in [0.25, 0.3) is 10.9 Å². The second-order valence-electron chi connectivity index (χ2n) is 2.82. The average Bonchev–Trinajstić information content (AvgIpc) is 2.12. The van der Waals surface area contributed by atoms with Gasteiger partial charge >= 0.3 is 0 Å². The van der Waals surface area contributed by atoms with E-state index >= 15 is 0 Å². The van der Waals surface area contributed by atoms with Crippen LogP contribution < -0.4 is 0 Å². The molecule has 0 fully saturated rings. The minimum absolute atomic E-state index is 0.591. The van der Waals surface area contributed by atoms with E-state index in [4.69, 9.17) is 23.8 Å². The van der Waals surface area contributed by atoms with E-state index in [1.54, 1.807) is 6.33 Å². The maximum Gasteiger partial charge on any atom is 0.137 e. The Morgan fingerprint density at radius 3 is 2.92 bits per heavy atom. The molecule has 0 radical (unpaired) electrons. The standard InChI is InChI=1S/C9H7ClN2S/c1-5-2-3-6(10)8-7(5)9(13)12-4-11-8/h2-4H,1H3,(H,11,12,13). The minimum atomic E-state index is 0.591. The smallest absolute Gasteiger partial charge is 0.137 e. The molecule has 0 bridgehead atoms. The molecule has 0 aliphatic carbocycles. The lowest BCUT2D eigenvalue weighted by Gasteiger charge is -2.02. The number of nitrogens with zero attached hydrogens (tertiary/aromatic N) is 1. The fourth-order valence-corrected chi connectivity index (χ4v) is 1.85. The number of rotatable bonds is 0. The summed E-state index contributed by atoms with van der Waals surface area (Å²) in [5, 5.41) is 1.61. The summed E-state index contributed by atoms with van der Waals surface area (Å²) in [5.41, 5.74) is 1.95. The van der Waals surface area contributed by atoms with Crippen LogP contribution in [-0.2, 0) is 0 Å². The third-order valence-electron chi connectivity index (χ3n) is 1.97. The predicted octanol–water partition coefficient (Wildman–Crippen LogP) is 3.25. The summed E-state index contributed by atoms with van der Waals surface area (Å²) in [6.45, 7) is 1.99. The van der Waals surface area contributed by atoms with Crippen molar-refractivity contribution in [3.63, 3.8) is 0 Å². The van der Waals surface area contributed by atoms with Crippen molar-refractivity contribution in [1.29, 1.82) is 0 Å². The van der Waals surface area contributed by atoms with Gasteiger partial charge in [-0.1, -0.05) is 29.9 Å². The first-order valence-electron chi connectivity index (χ1n) is 3.82. The fraction of sp³-hybridized carbons (Fsp3) is 0.111. The zero-order valence-electron chi connectivity index (χ0n) is 6.97. The van der Waals surface area contributed by atoms with Crippen LogP contribution in [0.15, 0.2) is 18.5 Å². The molecule has 1 N–H and O–H groups in total. The van der Waals surface area contributed by atoms with E-state index in [9.17, 15) is 0 Å². The van der Waals surface area contributed by atoms with E-state index in [0.29, 0.717) is 9.66 Å². The molecule has 13 heavy (non-hydrogen) atoms. The van der Waals surface area contributed by atoms with Crippen molar-refractivity contribution in [2.75, 3.05) is 0 Å². The molecule has 2 aromatic rings. The number of H-pyrrole nitrogens is 1. The summed E-state index contributed by atoms with van der Waals surface area (Å²) in [6, 6.07) is 3.79. The lowest BCUT2D eigenvalue weighted by atomic mass is 10.1. The topological polar surface area (TPSA) is 28.7 Å². The Hall–Kier alpha value is -0.930. The number of halogens is 1. The van der Waals surface area contributed by atoms with Gasteiger partial charge in [0.15, 0.2) is 0 Å². The van der Waals surface area contributed by atoms with E-state index in [1.807, 2.05) is 19.1 Å². The predicted molar refractivity (Wildman–Crippen MR) is 56.7 cm³/mol. The van der Waals surface area contributed by atoms with E-state index < -0.39 is 0 Å². The molecule has 0 amide bonds. The van der Waals surface area contributed by atoms with Gasteiger partial charge in [0.2, 0.25) is 0 Å². The summed E-state index contributed by atoms with van der Waals surface area (Å²) >= 11 is 11.1. The van der Waals surface area contributed by atoms with Gasteiger partial charge in [-0.15, -0.1) is 0 Å². The van der Waals surface area contributed by atoms with Crippen LogP contribution in [0.3, 0.4) is 0 Å². The van der Waals surface area contributed by atoms with Gasteiger partial charge in [-0.05, 0) is 18.6 Å². The highest BCUT2D eigenvalue weighted by molar-refractivity contribution is 7.71. The maximum absolute atomic E-state index is 6.00. The van der Waals surface area contributed by atoms with Gasteiger partial charge in [-0.3, -0.25) is 0 Å². The molecule has 0 spiro atoms. The largest absolute Gasteiger partial charge is 0.345 e. The second kappa shape index (κ2) is 3.09. The van der Waals surface area contributed by atoms with E-state index in [2.05, 4.69) is 9.97 Å². The Morgan fingerprint density at radius 1 is 1.46 bits per heavy atom. The molecule has 2 nitrogen and oxygen atoms in total. The van der Waals surface area contributed by atoms with E-state index in [0.717, 1.165) is 16.5 Å². The monoisotopic (exact) mass is 210 g/mol. The van der Waals surface area contributed by atoms with Gasteiger partial charge in [0.25, 0.3) is 0 Å². The first-order valence-corrected chi connectivity index (χ1v) is 4.61. The van der Waals surface area contributed by atoms with Gasteiger partial charge < -0.3 is 4.98 Å². The Morgan fingerprint density at radius 2 is 2.23 bits per heavy atom. The minimum Gasteiger partial charge on any atom is -0.345 e. The molecule has 0 unspecified atom stereocenters. The van der Waals surface area contributed by atoms with Crippen LogP contribution in [0.2, 0.25) is 5.02 Å². The molecule has 1 aromatic carbocycles. The first-order chi connectivity index (χ1) is 6.20. The molecule has 1 aromatic heterocycles. The molecule has 1 heterocycles. The third-order valence-corrected chi connectivity index (χ3v) is 2.59. The number of nitrogens with one attached hydrogen (secondary N) is 1. The number of aromatic nitrogens is 2. The summed E-state index contributed by atoms with van der Waals surface area (Å²) < 4.78 is 0.591. The summed E-state index contributed by atoms with van der Waals surface area (Å²) in [6.07, 6.45) is 1.57. The fourth-order valence-electron chi connectivity index (χ4n) is 1.32. The molecular weight excluding hydrogens is 204 g/mol. The number of fused-ring (bicyclic) bond motifs is 1. The van der Waals surface area contributed by atoms with Crippen LogP contribution in [0, 0.1) is 11.6 Å². The lowest BCUT2D eigenvalue weighted by molar-refractivity contribution is 1.20. The molecule has 2 rings (SSSR count). The van der Waals surface area contributed by atoms with Gasteiger partial charge in [0.05, 0.1) is 16.9 Å². The quantitative estimate of drug-likeness (QED) is 0.677. The van der Waals surface area contributed by atoms with Crippen LogP contribution in [-0.4, -0.2) is 9.97 Å². The summed E-state index contributed by atoms with van der Waals surface area (Å²) in [7, 11) is 0. The maximum atomic E-state index is 6.00. The molecule has 0 atom stereocenters. The van der Waals surface area contributed by atoms with E-state index in [-0.39, 0.29) is 0 Å². The number of aromatic amines is 1. The highest BCUT2D eigenvalue weighted by Crippen LogP contribution is 2.23. The molecular formula is C9H7ClN2S. The van der Waals surface area contributed by atoms with Crippen molar-refractivity contribution in [2.24, 2.45) is 0 Å². The van der Waals surface area contributed by atoms with Crippen LogP contribution in [0.5, 0.6) is 0 Å².